The second-order valence-electron chi connectivity index (χ2n) is 7.59. The lowest BCUT2D eigenvalue weighted by molar-refractivity contribution is -0.132. The van der Waals surface area contributed by atoms with Crippen molar-refractivity contribution in [1.82, 2.24) is 4.98 Å². The highest BCUT2D eigenvalue weighted by molar-refractivity contribution is 7.14. The van der Waals surface area contributed by atoms with Crippen molar-refractivity contribution in [2.45, 2.75) is 32.9 Å². The van der Waals surface area contributed by atoms with Crippen LogP contribution in [0.2, 0.25) is 0 Å². The number of ether oxygens (including phenoxy) is 1. The molecule has 0 aliphatic carbocycles. The van der Waals surface area contributed by atoms with Crippen molar-refractivity contribution in [3.8, 4) is 5.75 Å². The van der Waals surface area contributed by atoms with E-state index in [1.54, 1.807) is 35.8 Å². The van der Waals surface area contributed by atoms with Gasteiger partial charge in [0.25, 0.3) is 5.78 Å². The van der Waals surface area contributed by atoms with E-state index in [-0.39, 0.29) is 17.4 Å². The van der Waals surface area contributed by atoms with Crippen molar-refractivity contribution in [3.05, 3.63) is 82.4 Å². The molecule has 1 saturated heterocycles. The smallest absolute Gasteiger partial charge is 0.301 e. The number of aliphatic hydroxyl groups excluding tert-OH is 1. The number of hydrogen-bond donors (Lipinski definition) is 1. The van der Waals surface area contributed by atoms with Crippen LogP contribution in [0.4, 0.5) is 5.13 Å². The molecular weight excluding hydrogens is 412 g/mol. The van der Waals surface area contributed by atoms with Crippen LogP contribution in [0.5, 0.6) is 5.75 Å². The van der Waals surface area contributed by atoms with E-state index in [2.05, 4.69) is 4.98 Å². The fourth-order valence-electron chi connectivity index (χ4n) is 3.55. The number of anilines is 1. The van der Waals surface area contributed by atoms with Crippen LogP contribution in [0.3, 0.4) is 0 Å². The summed E-state index contributed by atoms with van der Waals surface area (Å²) in [4.78, 5) is 31.6. The molecule has 158 valence electrons. The van der Waals surface area contributed by atoms with Gasteiger partial charge >= 0.3 is 5.91 Å². The van der Waals surface area contributed by atoms with Gasteiger partial charge in [-0.25, -0.2) is 4.98 Å². The molecule has 7 heteroatoms. The molecule has 0 bridgehead atoms. The summed E-state index contributed by atoms with van der Waals surface area (Å²) < 4.78 is 5.65. The number of Topliss-reactive ketones (excluding diaryl/α,β-unsaturated/α-hetero) is 1. The van der Waals surface area contributed by atoms with Gasteiger partial charge in [0.2, 0.25) is 0 Å². The maximum absolute atomic E-state index is 13.0. The van der Waals surface area contributed by atoms with E-state index in [4.69, 9.17) is 4.74 Å². The van der Waals surface area contributed by atoms with Crippen LogP contribution in [0.15, 0.2) is 65.7 Å². The number of nitrogens with zero attached hydrogens (tertiary/aromatic N) is 2. The lowest BCUT2D eigenvalue weighted by Crippen LogP contribution is -2.29. The Hall–Kier alpha value is -3.45. The van der Waals surface area contributed by atoms with Crippen LogP contribution in [0, 0.1) is 6.92 Å². The predicted octanol–water partition coefficient (Wildman–Crippen LogP) is 4.87. The highest BCUT2D eigenvalue weighted by atomic mass is 32.1. The average Bonchev–Trinajstić information content (AvgIpc) is 3.35. The monoisotopic (exact) mass is 434 g/mol. The highest BCUT2D eigenvalue weighted by Gasteiger charge is 2.47. The Morgan fingerprint density at radius 2 is 1.77 bits per heavy atom. The second kappa shape index (κ2) is 8.35. The minimum atomic E-state index is -0.765. The molecule has 1 atom stereocenters. The molecule has 1 amide bonds. The molecule has 0 saturated carbocycles. The molecule has 1 aliphatic heterocycles. The Morgan fingerprint density at radius 1 is 1.10 bits per heavy atom. The minimum absolute atomic E-state index is 0.0182. The van der Waals surface area contributed by atoms with Crippen molar-refractivity contribution in [2.75, 3.05) is 4.90 Å². The van der Waals surface area contributed by atoms with Crippen LogP contribution in [-0.4, -0.2) is 27.9 Å². The van der Waals surface area contributed by atoms with Crippen LogP contribution >= 0.6 is 11.3 Å². The number of hydrogen-bond acceptors (Lipinski definition) is 6. The SMILES string of the molecule is Cc1ccc([C@@H]2C(=C(O)c3ccc(OC(C)C)cc3)C(=O)C(=O)N2c2nccs2)cc1. The zero-order valence-electron chi connectivity index (χ0n) is 17.4. The second-order valence-corrected chi connectivity index (χ2v) is 8.46. The van der Waals surface area contributed by atoms with Gasteiger partial charge in [-0.15, -0.1) is 11.3 Å². The van der Waals surface area contributed by atoms with Gasteiger partial charge in [-0.3, -0.25) is 14.5 Å². The number of amides is 1. The normalized spacial score (nSPS) is 18.1. The number of aromatic nitrogens is 1. The Bertz CT molecular complexity index is 1130. The van der Waals surface area contributed by atoms with Crippen molar-refractivity contribution in [2.24, 2.45) is 0 Å². The van der Waals surface area contributed by atoms with E-state index < -0.39 is 17.7 Å². The summed E-state index contributed by atoms with van der Waals surface area (Å²) in [5.74, 6) is -1.01. The number of thiazole rings is 1. The van der Waals surface area contributed by atoms with Gasteiger partial charge in [0.15, 0.2) is 5.13 Å². The predicted molar refractivity (Wildman–Crippen MR) is 120 cm³/mol. The van der Waals surface area contributed by atoms with Crippen molar-refractivity contribution in [3.63, 3.8) is 0 Å². The third-order valence-corrected chi connectivity index (χ3v) is 5.73. The molecule has 0 unspecified atom stereocenters. The van der Waals surface area contributed by atoms with Crippen molar-refractivity contribution in [1.29, 1.82) is 0 Å². The molecule has 4 rings (SSSR count). The number of carbonyl (C=O) groups is 2. The quantitative estimate of drug-likeness (QED) is 0.352. The number of aryl methyl sites for hydroxylation is 1. The summed E-state index contributed by atoms with van der Waals surface area (Å²) >= 11 is 1.27. The highest BCUT2D eigenvalue weighted by Crippen LogP contribution is 2.42. The number of aliphatic hydroxyl groups is 1. The zero-order valence-corrected chi connectivity index (χ0v) is 18.2. The van der Waals surface area contributed by atoms with Gasteiger partial charge in [0, 0.05) is 17.1 Å². The van der Waals surface area contributed by atoms with E-state index >= 15 is 0 Å². The molecule has 1 aliphatic rings. The van der Waals surface area contributed by atoms with Gasteiger partial charge in [-0.1, -0.05) is 29.8 Å². The summed E-state index contributed by atoms with van der Waals surface area (Å²) in [5, 5.41) is 13.3. The Kier molecular flexibility index (Phi) is 5.61. The number of ketones is 1. The first-order chi connectivity index (χ1) is 14.9. The van der Waals surface area contributed by atoms with E-state index in [0.29, 0.717) is 16.4 Å². The maximum atomic E-state index is 13.0. The Labute approximate surface area is 184 Å². The van der Waals surface area contributed by atoms with Crippen LogP contribution in [0.1, 0.15) is 36.6 Å². The molecule has 0 radical (unpaired) electrons. The Morgan fingerprint density at radius 3 is 2.35 bits per heavy atom. The summed E-state index contributed by atoms with van der Waals surface area (Å²) in [6.45, 7) is 5.81. The zero-order chi connectivity index (χ0) is 22.1. The third kappa shape index (κ3) is 3.96. The maximum Gasteiger partial charge on any atom is 0.301 e. The molecule has 3 aromatic rings. The standard InChI is InChI=1S/C24H22N2O4S/c1-14(2)30-18-10-8-17(9-11-18)21(27)19-20(16-6-4-15(3)5-7-16)26(23(29)22(19)28)24-25-12-13-31-24/h4-14,20,27H,1-3H3/t20-/m1/s1. The fraction of sp³-hybridized carbons (Fsp3) is 0.208. The van der Waals surface area contributed by atoms with Crippen molar-refractivity contribution >= 4 is 33.9 Å². The van der Waals surface area contributed by atoms with Crippen LogP contribution in [-0.2, 0) is 9.59 Å². The molecule has 1 N–H and O–H groups in total. The summed E-state index contributed by atoms with van der Waals surface area (Å²) in [6.07, 6.45) is 1.60. The first kappa shape index (κ1) is 20.8. The summed E-state index contributed by atoms with van der Waals surface area (Å²) in [5.41, 5.74) is 2.25. The van der Waals surface area contributed by atoms with E-state index in [0.717, 1.165) is 11.1 Å². The first-order valence-corrected chi connectivity index (χ1v) is 10.8. The molecule has 1 aromatic heterocycles. The largest absolute Gasteiger partial charge is 0.507 e. The van der Waals surface area contributed by atoms with Gasteiger partial charge in [0.05, 0.1) is 17.7 Å². The molecule has 31 heavy (non-hydrogen) atoms. The number of carbonyl (C=O) groups excluding carboxylic acids is 2. The minimum Gasteiger partial charge on any atom is -0.507 e. The van der Waals surface area contributed by atoms with Crippen LogP contribution < -0.4 is 9.64 Å². The number of benzene rings is 2. The van der Waals surface area contributed by atoms with E-state index in [1.165, 1.54) is 16.2 Å². The van der Waals surface area contributed by atoms with Gasteiger partial charge in [-0.2, -0.15) is 0 Å². The molecule has 1 fully saturated rings. The average molecular weight is 435 g/mol. The fourth-order valence-corrected chi connectivity index (χ4v) is 4.21. The van der Waals surface area contributed by atoms with Crippen LogP contribution in [0.25, 0.3) is 5.76 Å². The van der Waals surface area contributed by atoms with E-state index in [1.807, 2.05) is 45.0 Å². The topological polar surface area (TPSA) is 79.7 Å². The van der Waals surface area contributed by atoms with E-state index in [9.17, 15) is 14.7 Å². The van der Waals surface area contributed by atoms with Gasteiger partial charge in [-0.05, 0) is 50.6 Å². The molecule has 2 heterocycles. The number of rotatable bonds is 5. The molecule has 6 nitrogen and oxygen atoms in total. The molecular formula is C24H22N2O4S. The lowest BCUT2D eigenvalue weighted by Gasteiger charge is -2.23. The third-order valence-electron chi connectivity index (χ3n) is 4.96. The Balaban J connectivity index is 1.84. The molecule has 0 spiro atoms. The van der Waals surface area contributed by atoms with Gasteiger partial charge < -0.3 is 9.84 Å². The lowest BCUT2D eigenvalue weighted by atomic mass is 9.95. The summed E-state index contributed by atoms with van der Waals surface area (Å²) in [7, 11) is 0. The van der Waals surface area contributed by atoms with Gasteiger partial charge in [0.1, 0.15) is 11.5 Å². The molecule has 2 aromatic carbocycles. The van der Waals surface area contributed by atoms with Crippen molar-refractivity contribution < 1.29 is 19.4 Å². The first-order valence-electron chi connectivity index (χ1n) is 9.91. The summed E-state index contributed by atoms with van der Waals surface area (Å²) in [6, 6.07) is 13.6.